The van der Waals surface area contributed by atoms with Crippen LogP contribution in [0.5, 0.6) is 11.5 Å². The van der Waals surface area contributed by atoms with Crippen molar-refractivity contribution in [2.24, 2.45) is 0 Å². The molecular formula is C63H54O4PW+. The molecule has 6 heteroatoms. The molecule has 0 heterocycles. The summed E-state index contributed by atoms with van der Waals surface area (Å²) in [7, 11) is 0.120. The number of hydrogen-bond acceptors (Lipinski definition) is 4. The predicted molar refractivity (Wildman–Crippen MR) is 287 cm³/mol. The second-order valence-corrected chi connectivity index (χ2v) is 20.1. The second-order valence-electron chi connectivity index (χ2n) is 16.6. The molecule has 0 unspecified atom stereocenters. The molecule has 340 valence electrons. The minimum absolute atomic E-state index is 0.120. The molecule has 0 aliphatic rings. The molecule has 10 aromatic carbocycles. The van der Waals surface area contributed by atoms with Crippen LogP contribution in [0.25, 0.3) is 89.0 Å². The first kappa shape index (κ1) is 49.4. The van der Waals surface area contributed by atoms with Gasteiger partial charge in [0.2, 0.25) is 0 Å². The van der Waals surface area contributed by atoms with Gasteiger partial charge in [-0.2, -0.15) is 0 Å². The summed E-state index contributed by atoms with van der Waals surface area (Å²) in [5.41, 5.74) is 15.8. The number of rotatable bonds is 8. The summed E-state index contributed by atoms with van der Waals surface area (Å²) in [5, 5.41) is 23.6. The molecule has 4 nitrogen and oxygen atoms in total. The van der Waals surface area contributed by atoms with Crippen molar-refractivity contribution < 1.29 is 35.5 Å². The van der Waals surface area contributed by atoms with E-state index >= 15 is 0 Å². The second kappa shape index (κ2) is 25.0. The van der Waals surface area contributed by atoms with Gasteiger partial charge in [0.05, 0.1) is 0 Å². The average molecular weight is 1090 g/mol. The molecule has 2 N–H and O–H groups in total. The van der Waals surface area contributed by atoms with Gasteiger partial charge in [-0.3, -0.25) is 0 Å². The summed E-state index contributed by atoms with van der Waals surface area (Å²) in [5.74, 6) is 0.607. The fourth-order valence-corrected chi connectivity index (χ4v) is 8.31. The molecule has 0 radical (unpaired) electrons. The Bertz CT molecular complexity index is 2770. The van der Waals surface area contributed by atoms with Crippen LogP contribution in [0.1, 0.15) is 0 Å². The van der Waals surface area contributed by atoms with Crippen molar-refractivity contribution in [1.82, 2.24) is 0 Å². The van der Waals surface area contributed by atoms with Crippen LogP contribution in [-0.4, -0.2) is 30.2 Å². The molecule has 0 atom stereocenters. The molecule has 10 aromatic rings. The van der Waals surface area contributed by atoms with Crippen molar-refractivity contribution in [2.75, 3.05) is 20.0 Å². The number of phenolic OH excluding ortho intramolecular Hbond substituents is 2. The first-order valence-electron chi connectivity index (χ1n) is 22.7. The van der Waals surface area contributed by atoms with E-state index in [2.05, 4.69) is 129 Å². The van der Waals surface area contributed by atoms with Gasteiger partial charge in [-0.15, -0.1) is 0 Å². The quantitative estimate of drug-likeness (QED) is 0.149. The van der Waals surface area contributed by atoms with E-state index in [1.54, 1.807) is 0 Å². The van der Waals surface area contributed by atoms with Gasteiger partial charge in [0.1, 0.15) is 11.5 Å². The SMILES string of the molecule is C[PH+](C)C.Oc1c(-c2ccccc2)c(-c2ccccc2)cc(-c2ccccc2)c1-c1ccccc1.Oc1c(-c2ccccc2)c(-c2ccccc2)cc(-c2ccccc2)c1-c1ccccc1.[O]=[W]=[O]. The zero-order chi connectivity index (χ0) is 48.4. The van der Waals surface area contributed by atoms with Crippen molar-refractivity contribution in [2.45, 2.75) is 0 Å². The van der Waals surface area contributed by atoms with E-state index in [4.69, 9.17) is 6.80 Å². The van der Waals surface area contributed by atoms with Crippen LogP contribution in [0.3, 0.4) is 0 Å². The third kappa shape index (κ3) is 12.5. The summed E-state index contributed by atoms with van der Waals surface area (Å²) in [6, 6.07) is 86.1. The molecule has 0 aliphatic carbocycles. The van der Waals surface area contributed by atoms with Crippen LogP contribution < -0.4 is 0 Å². The van der Waals surface area contributed by atoms with Gasteiger partial charge in [0, 0.05) is 42.2 Å². The van der Waals surface area contributed by atoms with Crippen LogP contribution in [-0.2, 0) is 25.3 Å². The van der Waals surface area contributed by atoms with Gasteiger partial charge in [-0.25, -0.2) is 0 Å². The van der Waals surface area contributed by atoms with Gasteiger partial charge >= 0.3 is 25.3 Å². The van der Waals surface area contributed by atoms with E-state index in [0.29, 0.717) is 11.5 Å². The van der Waals surface area contributed by atoms with Gasteiger partial charge in [-0.1, -0.05) is 243 Å². The number of aromatic hydroxyl groups is 2. The zero-order valence-electron chi connectivity index (χ0n) is 38.9. The molecule has 0 aliphatic heterocycles. The van der Waals surface area contributed by atoms with Crippen molar-refractivity contribution in [3.63, 3.8) is 0 Å². The van der Waals surface area contributed by atoms with E-state index in [9.17, 15) is 10.2 Å². The van der Waals surface area contributed by atoms with Gasteiger partial charge < -0.3 is 10.2 Å². The summed E-state index contributed by atoms with van der Waals surface area (Å²) < 4.78 is 17.1. The van der Waals surface area contributed by atoms with Crippen LogP contribution in [0.15, 0.2) is 255 Å². The Morgan fingerprint density at radius 2 is 0.406 bits per heavy atom. The predicted octanol–water partition coefficient (Wildman–Crippen LogP) is 17.0. The molecule has 0 bridgehead atoms. The Morgan fingerprint density at radius 3 is 0.551 bits per heavy atom. The Morgan fingerprint density at radius 1 is 0.275 bits per heavy atom. The Labute approximate surface area is 416 Å². The van der Waals surface area contributed by atoms with Crippen LogP contribution >= 0.6 is 7.92 Å². The average Bonchev–Trinajstić information content (AvgIpc) is 3.40. The molecule has 0 fully saturated rings. The fraction of sp³-hybridized carbons (Fsp3) is 0.0476. The normalized spacial score (nSPS) is 10.3. The first-order chi connectivity index (χ1) is 33.8. The van der Waals surface area contributed by atoms with E-state index in [1.165, 1.54) is 0 Å². The van der Waals surface area contributed by atoms with E-state index in [-0.39, 0.29) is 7.92 Å². The molecule has 0 saturated carbocycles. The number of benzene rings is 10. The third-order valence-electron chi connectivity index (χ3n) is 11.2. The third-order valence-corrected chi connectivity index (χ3v) is 11.2. The van der Waals surface area contributed by atoms with Gasteiger partial charge in [0.15, 0.2) is 0 Å². The molecule has 10 rings (SSSR count). The molecular weight excluding hydrogens is 1040 g/mol. The van der Waals surface area contributed by atoms with Crippen molar-refractivity contribution in [3.8, 4) is 101 Å². The molecule has 69 heavy (non-hydrogen) atoms. The molecule has 0 spiro atoms. The Kier molecular flexibility index (Phi) is 17.9. The molecule has 0 aromatic heterocycles. The van der Waals surface area contributed by atoms with Crippen molar-refractivity contribution in [1.29, 1.82) is 0 Å². The van der Waals surface area contributed by atoms with E-state index in [1.807, 2.05) is 146 Å². The summed E-state index contributed by atoms with van der Waals surface area (Å²) in [4.78, 5) is 0. The standard InChI is InChI=1S/2C30H22O.C3H9P.2O.W/c2*31-30-28(24-17-9-3-10-18-24)26(22-13-5-1-6-14-22)21-27(23-15-7-2-8-16-23)29(30)25-19-11-4-12-20-25;1-4(2)3;;;/h2*1-21,31H;1-3H3;;;/p+1. The Hall–Kier alpha value is -7.48. The monoisotopic (exact) mass is 1090 g/mol. The minimum atomic E-state index is -2.25. The van der Waals surface area contributed by atoms with Gasteiger partial charge in [0.25, 0.3) is 0 Å². The topological polar surface area (TPSA) is 74.6 Å². The van der Waals surface area contributed by atoms with Crippen LogP contribution in [0, 0.1) is 0 Å². The van der Waals surface area contributed by atoms with Crippen LogP contribution in [0.4, 0.5) is 0 Å². The maximum atomic E-state index is 11.8. The van der Waals surface area contributed by atoms with Crippen molar-refractivity contribution >= 4 is 7.92 Å². The number of phenols is 2. The summed E-state index contributed by atoms with van der Waals surface area (Å²) in [6.07, 6.45) is 0. The number of hydrogen-bond donors (Lipinski definition) is 2. The van der Waals surface area contributed by atoms with Crippen molar-refractivity contribution in [3.05, 3.63) is 255 Å². The molecule has 0 amide bonds. The fourth-order valence-electron chi connectivity index (χ4n) is 8.31. The van der Waals surface area contributed by atoms with E-state index in [0.717, 1.165) is 89.0 Å². The van der Waals surface area contributed by atoms with Gasteiger partial charge in [-0.05, 0) is 86.8 Å². The first-order valence-corrected chi connectivity index (χ1v) is 28.1. The molecule has 0 saturated heterocycles. The zero-order valence-corrected chi connectivity index (χ0v) is 42.8. The Balaban J connectivity index is 0.000000180. The summed E-state index contributed by atoms with van der Waals surface area (Å²) in [6.45, 7) is 6.81. The summed E-state index contributed by atoms with van der Waals surface area (Å²) >= 11 is -2.25. The van der Waals surface area contributed by atoms with E-state index < -0.39 is 18.5 Å². The maximum absolute atomic E-state index is 11.8. The van der Waals surface area contributed by atoms with Crippen LogP contribution in [0.2, 0.25) is 0 Å².